The predicted molar refractivity (Wildman–Crippen MR) is 127 cm³/mol. The van der Waals surface area contributed by atoms with Gasteiger partial charge in [-0.05, 0) is 63.2 Å². The van der Waals surface area contributed by atoms with Gasteiger partial charge in [0.1, 0.15) is 0 Å². The van der Waals surface area contributed by atoms with E-state index in [1.807, 2.05) is 24.1 Å². The van der Waals surface area contributed by atoms with Gasteiger partial charge in [0.15, 0.2) is 0 Å². The van der Waals surface area contributed by atoms with Crippen molar-refractivity contribution in [1.82, 2.24) is 9.62 Å². The maximum absolute atomic E-state index is 12.9. The van der Waals surface area contributed by atoms with Crippen LogP contribution in [0.1, 0.15) is 78.5 Å². The minimum atomic E-state index is 0.197. The number of aryl methyl sites for hydroxylation is 1. The zero-order valence-corrected chi connectivity index (χ0v) is 18.9. The van der Waals surface area contributed by atoms with E-state index in [9.17, 15) is 4.79 Å². The normalized spacial score (nSPS) is 16.6. The van der Waals surface area contributed by atoms with Crippen molar-refractivity contribution in [3.63, 3.8) is 0 Å². The van der Waals surface area contributed by atoms with E-state index in [0.29, 0.717) is 6.04 Å². The third-order valence-electron chi connectivity index (χ3n) is 6.19. The van der Waals surface area contributed by atoms with Gasteiger partial charge in [-0.15, -0.1) is 0 Å². The molecular formula is C26H32N2OS. The van der Waals surface area contributed by atoms with Gasteiger partial charge in [-0.25, -0.2) is 0 Å². The highest BCUT2D eigenvalue weighted by Crippen LogP contribution is 2.41. The van der Waals surface area contributed by atoms with Crippen molar-refractivity contribution in [2.75, 3.05) is 12.3 Å². The van der Waals surface area contributed by atoms with Crippen LogP contribution in [0.3, 0.4) is 0 Å². The van der Waals surface area contributed by atoms with Crippen molar-refractivity contribution in [3.05, 3.63) is 76.4 Å². The number of unbranched alkanes of at least 4 members (excludes halogenated alkanes) is 2. The monoisotopic (exact) mass is 420 g/mol. The average molecular weight is 421 g/mol. The van der Waals surface area contributed by atoms with Crippen molar-refractivity contribution in [2.24, 2.45) is 0 Å². The molecule has 0 unspecified atom stereocenters. The molecule has 0 saturated heterocycles. The first kappa shape index (κ1) is 21.2. The quantitative estimate of drug-likeness (QED) is 0.370. The molecule has 1 aliphatic carbocycles. The van der Waals surface area contributed by atoms with Crippen LogP contribution in [0.2, 0.25) is 0 Å². The fourth-order valence-corrected chi connectivity index (χ4v) is 5.03. The lowest BCUT2D eigenvalue weighted by atomic mass is 9.88. The minimum absolute atomic E-state index is 0.197. The highest BCUT2D eigenvalue weighted by molar-refractivity contribution is 7.97. The second-order valence-corrected chi connectivity index (χ2v) is 9.40. The molecule has 0 spiro atoms. The van der Waals surface area contributed by atoms with E-state index in [4.69, 9.17) is 0 Å². The molecule has 1 atom stereocenters. The molecule has 4 rings (SSSR count). The highest BCUT2D eigenvalue weighted by Gasteiger charge is 2.34. The third kappa shape index (κ3) is 4.65. The Balaban J connectivity index is 1.20. The lowest BCUT2D eigenvalue weighted by Crippen LogP contribution is -2.26. The Morgan fingerprint density at radius 2 is 1.73 bits per heavy atom. The Morgan fingerprint density at radius 1 is 1.00 bits per heavy atom. The summed E-state index contributed by atoms with van der Waals surface area (Å²) in [6.07, 6.45) is 6.93. The molecule has 0 radical (unpaired) electrons. The molecule has 1 amide bonds. The topological polar surface area (TPSA) is 32.3 Å². The van der Waals surface area contributed by atoms with Crippen LogP contribution < -0.4 is 4.72 Å². The number of hydrogen-bond acceptors (Lipinski definition) is 3. The molecule has 2 aromatic rings. The second-order valence-electron chi connectivity index (χ2n) is 8.47. The number of nitrogens with zero attached hydrogens (tertiary/aromatic N) is 1. The number of rotatable bonds is 9. The summed E-state index contributed by atoms with van der Waals surface area (Å²) in [6, 6.07) is 17.2. The van der Waals surface area contributed by atoms with Gasteiger partial charge < -0.3 is 4.90 Å². The molecular weight excluding hydrogens is 388 g/mol. The number of nitrogens with one attached hydrogen (secondary N) is 1. The van der Waals surface area contributed by atoms with E-state index in [0.717, 1.165) is 49.1 Å². The Kier molecular flexibility index (Phi) is 6.96. The Bertz CT molecular complexity index is 913. The highest BCUT2D eigenvalue weighted by atomic mass is 32.2. The number of allylic oxidation sites excluding steroid dienone is 1. The van der Waals surface area contributed by atoms with Crippen molar-refractivity contribution >= 4 is 23.6 Å². The number of hydrogen-bond donors (Lipinski definition) is 1. The molecule has 3 nitrogen and oxygen atoms in total. The van der Waals surface area contributed by atoms with Gasteiger partial charge in [-0.3, -0.25) is 9.52 Å². The maximum Gasteiger partial charge on any atom is 0.258 e. The molecule has 0 aromatic heterocycles. The Labute approximate surface area is 185 Å². The molecule has 4 heteroatoms. The number of amides is 1. The van der Waals surface area contributed by atoms with Crippen LogP contribution in [0.5, 0.6) is 0 Å². The largest absolute Gasteiger partial charge is 0.308 e. The fourth-order valence-electron chi connectivity index (χ4n) is 4.18. The molecule has 30 heavy (non-hydrogen) atoms. The molecule has 2 aromatic carbocycles. The molecule has 1 saturated carbocycles. The van der Waals surface area contributed by atoms with Crippen molar-refractivity contribution in [3.8, 4) is 0 Å². The Hall–Kier alpha value is -2.04. The first-order chi connectivity index (χ1) is 14.6. The van der Waals surface area contributed by atoms with Crippen LogP contribution in [0.4, 0.5) is 0 Å². The van der Waals surface area contributed by atoms with Crippen LogP contribution in [-0.4, -0.2) is 23.1 Å². The Morgan fingerprint density at radius 3 is 2.43 bits per heavy atom. The SMILES string of the molecule is Cc1ccc([C@H](C)NSCCCCCN2C(=O)c3ccccc3C2=C2CCC2)cc1. The zero-order valence-electron chi connectivity index (χ0n) is 18.1. The molecule has 2 aliphatic rings. The first-order valence-corrected chi connectivity index (χ1v) is 12.2. The zero-order chi connectivity index (χ0) is 20.9. The van der Waals surface area contributed by atoms with Gasteiger partial charge >= 0.3 is 0 Å². The van der Waals surface area contributed by atoms with Crippen LogP contribution >= 0.6 is 11.9 Å². The molecule has 0 bridgehead atoms. The summed E-state index contributed by atoms with van der Waals surface area (Å²) in [5.41, 5.74) is 7.37. The molecule has 1 N–H and O–H groups in total. The van der Waals surface area contributed by atoms with E-state index in [-0.39, 0.29) is 5.91 Å². The van der Waals surface area contributed by atoms with Crippen LogP contribution in [-0.2, 0) is 0 Å². The first-order valence-electron chi connectivity index (χ1n) is 11.2. The standard InChI is InChI=1S/C26H32N2OS/c1-19-13-15-21(16-14-19)20(2)27-30-18-7-3-6-17-28-25(22-9-8-10-22)23-11-4-5-12-24(23)26(28)29/h4-5,11-16,20,27H,3,6-10,17-18H2,1-2H3/t20-/m0/s1. The van der Waals surface area contributed by atoms with Crippen LogP contribution in [0.15, 0.2) is 54.1 Å². The predicted octanol–water partition coefficient (Wildman–Crippen LogP) is 6.52. The van der Waals surface area contributed by atoms with Crippen LogP contribution in [0, 0.1) is 6.92 Å². The van der Waals surface area contributed by atoms with Gasteiger partial charge in [0.2, 0.25) is 0 Å². The maximum atomic E-state index is 12.9. The molecule has 1 fully saturated rings. The summed E-state index contributed by atoms with van der Waals surface area (Å²) in [5, 5.41) is 0. The van der Waals surface area contributed by atoms with Gasteiger partial charge in [0.05, 0.1) is 5.70 Å². The number of benzene rings is 2. The van der Waals surface area contributed by atoms with Gasteiger partial charge in [0.25, 0.3) is 5.91 Å². The van der Waals surface area contributed by atoms with Crippen molar-refractivity contribution in [1.29, 1.82) is 0 Å². The van der Waals surface area contributed by atoms with Gasteiger partial charge in [-0.1, -0.05) is 66.4 Å². The van der Waals surface area contributed by atoms with Gasteiger partial charge in [-0.2, -0.15) is 0 Å². The van der Waals surface area contributed by atoms with E-state index in [1.165, 1.54) is 35.2 Å². The summed E-state index contributed by atoms with van der Waals surface area (Å²) < 4.78 is 3.55. The molecule has 158 valence electrons. The summed E-state index contributed by atoms with van der Waals surface area (Å²) in [7, 11) is 0. The number of carbonyl (C=O) groups excluding carboxylic acids is 1. The van der Waals surface area contributed by atoms with E-state index in [1.54, 1.807) is 0 Å². The van der Waals surface area contributed by atoms with Crippen LogP contribution in [0.25, 0.3) is 5.70 Å². The summed E-state index contributed by atoms with van der Waals surface area (Å²) in [5.74, 6) is 1.29. The van der Waals surface area contributed by atoms with E-state index in [2.05, 4.69) is 59.9 Å². The average Bonchev–Trinajstić information content (AvgIpc) is 2.99. The van der Waals surface area contributed by atoms with Crippen molar-refractivity contribution in [2.45, 2.75) is 58.4 Å². The van der Waals surface area contributed by atoms with Crippen molar-refractivity contribution < 1.29 is 4.79 Å². The molecule has 1 aliphatic heterocycles. The lowest BCUT2D eigenvalue weighted by molar-refractivity contribution is 0.0847. The summed E-state index contributed by atoms with van der Waals surface area (Å²) in [6.45, 7) is 5.17. The van der Waals surface area contributed by atoms with E-state index >= 15 is 0 Å². The fraction of sp³-hybridized carbons (Fsp3) is 0.423. The molecule has 1 heterocycles. The van der Waals surface area contributed by atoms with Gasteiger partial charge in [0, 0.05) is 29.5 Å². The smallest absolute Gasteiger partial charge is 0.258 e. The number of fused-ring (bicyclic) bond motifs is 1. The van der Waals surface area contributed by atoms with E-state index < -0.39 is 0 Å². The summed E-state index contributed by atoms with van der Waals surface area (Å²) >= 11 is 1.81. The minimum Gasteiger partial charge on any atom is -0.308 e. The second kappa shape index (κ2) is 9.84. The lowest BCUT2D eigenvalue weighted by Gasteiger charge is -2.26. The number of carbonyl (C=O) groups is 1. The third-order valence-corrected chi connectivity index (χ3v) is 7.20. The summed E-state index contributed by atoms with van der Waals surface area (Å²) in [4.78, 5) is 15.0.